The zero-order chi connectivity index (χ0) is 28.5. The van der Waals surface area contributed by atoms with E-state index in [2.05, 4.69) is 30.8 Å². The number of halogens is 2. The van der Waals surface area contributed by atoms with Crippen LogP contribution in [0.25, 0.3) is 33.5 Å². The van der Waals surface area contributed by atoms with Gasteiger partial charge in [-0.05, 0) is 39.2 Å². The number of pyridine rings is 1. The number of alkyl halides is 2. The van der Waals surface area contributed by atoms with E-state index in [1.165, 1.54) is 10.7 Å². The number of aromatic nitrogens is 6. The third-order valence-corrected chi connectivity index (χ3v) is 6.58. The lowest BCUT2D eigenvalue weighted by molar-refractivity contribution is -0.0498. The van der Waals surface area contributed by atoms with Gasteiger partial charge >= 0.3 is 6.61 Å². The van der Waals surface area contributed by atoms with Crippen molar-refractivity contribution in [2.45, 2.75) is 13.0 Å². The summed E-state index contributed by atoms with van der Waals surface area (Å²) in [7, 11) is 3.91. The first-order chi connectivity index (χ1) is 19.9. The van der Waals surface area contributed by atoms with Crippen molar-refractivity contribution in [2.24, 2.45) is 0 Å². The van der Waals surface area contributed by atoms with Crippen LogP contribution in [0.15, 0.2) is 49.1 Å². The summed E-state index contributed by atoms with van der Waals surface area (Å²) in [5.74, 6) is -0.0886. The van der Waals surface area contributed by atoms with Crippen molar-refractivity contribution in [1.29, 1.82) is 0 Å². The molecule has 1 aromatic carbocycles. The summed E-state index contributed by atoms with van der Waals surface area (Å²) in [5.41, 5.74) is 2.99. The van der Waals surface area contributed by atoms with E-state index in [4.69, 9.17) is 9.47 Å². The average Bonchev–Trinajstić information content (AvgIpc) is 3.56. The molecule has 41 heavy (non-hydrogen) atoms. The van der Waals surface area contributed by atoms with Gasteiger partial charge in [0.1, 0.15) is 18.0 Å². The molecule has 0 aliphatic carbocycles. The Bertz CT molecular complexity index is 1730. The number of carbonyl (C=O) groups is 1. The third kappa shape index (κ3) is 5.20. The van der Waals surface area contributed by atoms with Crippen LogP contribution in [0.1, 0.15) is 16.9 Å². The lowest BCUT2D eigenvalue weighted by atomic mass is 10.1. The van der Waals surface area contributed by atoms with E-state index in [-0.39, 0.29) is 17.1 Å². The minimum atomic E-state index is -3.08. The summed E-state index contributed by atoms with van der Waals surface area (Å²) in [5, 5.41) is 15.4. The van der Waals surface area contributed by atoms with E-state index in [1.54, 1.807) is 47.5 Å². The normalized spacial score (nSPS) is 12.9. The fraction of sp³-hybridized carbons (Fsp3) is 0.296. The molecule has 212 valence electrons. The van der Waals surface area contributed by atoms with E-state index < -0.39 is 12.5 Å². The van der Waals surface area contributed by atoms with Crippen molar-refractivity contribution in [3.05, 3.63) is 54.7 Å². The molecule has 12 nitrogen and oxygen atoms in total. The smallest absolute Gasteiger partial charge is 0.387 e. The van der Waals surface area contributed by atoms with Crippen LogP contribution in [0.3, 0.4) is 0 Å². The maximum atomic E-state index is 13.5. The predicted molar refractivity (Wildman–Crippen MR) is 147 cm³/mol. The Kier molecular flexibility index (Phi) is 7.05. The molecule has 14 heteroatoms. The van der Waals surface area contributed by atoms with Gasteiger partial charge in [0.15, 0.2) is 17.1 Å². The summed E-state index contributed by atoms with van der Waals surface area (Å²) in [4.78, 5) is 24.3. The molecule has 5 aromatic rings. The zero-order valence-corrected chi connectivity index (χ0v) is 22.3. The second kappa shape index (κ2) is 11.0. The van der Waals surface area contributed by atoms with Crippen LogP contribution in [-0.2, 0) is 0 Å². The molecule has 1 amide bonds. The zero-order valence-electron chi connectivity index (χ0n) is 22.3. The quantitative estimate of drug-likeness (QED) is 0.260. The van der Waals surface area contributed by atoms with E-state index in [0.29, 0.717) is 58.9 Å². The molecule has 5 heterocycles. The molecule has 0 radical (unpaired) electrons. The molecule has 0 saturated heterocycles. The minimum absolute atomic E-state index is 0.0988. The standard InChI is InChI=1S/C27H27F2N9O3/c1-36(2)8-3-6-32-26(39)24-17-14-33-18(16-15-34-37-9-4-5-31-25(16)37)11-20(17)38(35-24)21-13-22-19(30-7-10-40-22)12-23(21)41-27(28)29/h4-5,9,11-15,27,30H,3,6-8,10H2,1-2H3,(H,32,39). The first kappa shape index (κ1) is 26.4. The number of carbonyl (C=O) groups excluding carboxylic acids is 1. The van der Waals surface area contributed by atoms with Gasteiger partial charge in [0.05, 0.1) is 34.0 Å². The van der Waals surface area contributed by atoms with Crippen LogP contribution in [0.2, 0.25) is 0 Å². The van der Waals surface area contributed by atoms with Gasteiger partial charge in [-0.25, -0.2) is 14.2 Å². The van der Waals surface area contributed by atoms with Gasteiger partial charge in [0.25, 0.3) is 5.91 Å². The Morgan fingerprint density at radius 3 is 2.95 bits per heavy atom. The van der Waals surface area contributed by atoms with Crippen LogP contribution in [0, 0.1) is 0 Å². The first-order valence-corrected chi connectivity index (χ1v) is 13.0. The van der Waals surface area contributed by atoms with Gasteiger partial charge in [-0.1, -0.05) is 0 Å². The van der Waals surface area contributed by atoms with Crippen molar-refractivity contribution in [3.63, 3.8) is 0 Å². The Morgan fingerprint density at radius 1 is 1.24 bits per heavy atom. The fourth-order valence-electron chi connectivity index (χ4n) is 4.71. The van der Waals surface area contributed by atoms with Crippen molar-refractivity contribution < 1.29 is 23.0 Å². The van der Waals surface area contributed by atoms with Crippen molar-refractivity contribution in [3.8, 4) is 28.4 Å². The summed E-state index contributed by atoms with van der Waals surface area (Å²) >= 11 is 0. The second-order valence-electron chi connectivity index (χ2n) is 9.68. The third-order valence-electron chi connectivity index (χ3n) is 6.58. The number of hydrogen-bond acceptors (Lipinski definition) is 9. The Balaban J connectivity index is 1.50. The number of benzene rings is 1. The van der Waals surface area contributed by atoms with Gasteiger partial charge in [-0.2, -0.15) is 19.0 Å². The SMILES string of the molecule is CN(C)CCCNC(=O)c1nn(-c2cc3c(cc2OC(F)F)NCCO3)c2cc(-c3cnn4cccnc34)ncc12. The molecule has 0 atom stereocenters. The van der Waals surface area contributed by atoms with Crippen molar-refractivity contribution in [2.75, 3.05) is 45.7 Å². The summed E-state index contributed by atoms with van der Waals surface area (Å²) in [6.07, 6.45) is 7.33. The number of rotatable bonds is 9. The Labute approximate surface area is 232 Å². The molecule has 4 aromatic heterocycles. The van der Waals surface area contributed by atoms with E-state index >= 15 is 0 Å². The van der Waals surface area contributed by atoms with Crippen LogP contribution in [0.5, 0.6) is 11.5 Å². The summed E-state index contributed by atoms with van der Waals surface area (Å²) < 4.78 is 40.8. The molecule has 0 bridgehead atoms. The average molecular weight is 564 g/mol. The van der Waals surface area contributed by atoms with E-state index in [9.17, 15) is 13.6 Å². The largest absolute Gasteiger partial charge is 0.490 e. The van der Waals surface area contributed by atoms with Gasteiger partial charge in [-0.15, -0.1) is 0 Å². The molecular formula is C27H27F2N9O3. The van der Waals surface area contributed by atoms with Crippen LogP contribution in [-0.4, -0.2) is 87.1 Å². The molecule has 6 rings (SSSR count). The van der Waals surface area contributed by atoms with Gasteiger partial charge < -0.3 is 25.0 Å². The minimum Gasteiger partial charge on any atom is -0.490 e. The predicted octanol–water partition coefficient (Wildman–Crippen LogP) is 3.22. The summed E-state index contributed by atoms with van der Waals surface area (Å²) in [6, 6.07) is 6.50. The molecule has 0 saturated carbocycles. The molecule has 1 aliphatic rings. The highest BCUT2D eigenvalue weighted by Gasteiger charge is 2.25. The van der Waals surface area contributed by atoms with E-state index in [0.717, 1.165) is 13.0 Å². The monoisotopic (exact) mass is 563 g/mol. The Morgan fingerprint density at radius 2 is 2.12 bits per heavy atom. The van der Waals surface area contributed by atoms with Crippen LogP contribution in [0.4, 0.5) is 14.5 Å². The van der Waals surface area contributed by atoms with Gasteiger partial charge in [0, 0.05) is 43.8 Å². The number of ether oxygens (including phenoxy) is 2. The van der Waals surface area contributed by atoms with Crippen molar-refractivity contribution >= 4 is 28.1 Å². The van der Waals surface area contributed by atoms with E-state index in [1.807, 2.05) is 19.0 Å². The van der Waals surface area contributed by atoms with Gasteiger partial charge in [-0.3, -0.25) is 9.78 Å². The maximum Gasteiger partial charge on any atom is 0.387 e. The first-order valence-electron chi connectivity index (χ1n) is 13.0. The number of nitrogens with zero attached hydrogens (tertiary/aromatic N) is 7. The maximum absolute atomic E-state index is 13.5. The molecule has 0 fully saturated rings. The molecule has 0 unspecified atom stereocenters. The number of anilines is 1. The highest BCUT2D eigenvalue weighted by Crippen LogP contribution is 2.39. The number of fused-ring (bicyclic) bond motifs is 3. The lowest BCUT2D eigenvalue weighted by Crippen LogP contribution is -2.27. The summed E-state index contributed by atoms with van der Waals surface area (Å²) in [6.45, 7) is -0.932. The number of amides is 1. The highest BCUT2D eigenvalue weighted by molar-refractivity contribution is 6.05. The Hall–Kier alpha value is -4.85. The molecule has 1 aliphatic heterocycles. The molecule has 0 spiro atoms. The molecular weight excluding hydrogens is 536 g/mol. The van der Waals surface area contributed by atoms with Crippen molar-refractivity contribution in [1.82, 2.24) is 39.6 Å². The fourth-order valence-corrected chi connectivity index (χ4v) is 4.71. The second-order valence-corrected chi connectivity index (χ2v) is 9.68. The number of nitrogens with one attached hydrogen (secondary N) is 2. The van der Waals surface area contributed by atoms with Crippen LogP contribution >= 0.6 is 0 Å². The molecule has 2 N–H and O–H groups in total. The lowest BCUT2D eigenvalue weighted by Gasteiger charge is -2.22. The number of hydrogen-bond donors (Lipinski definition) is 2. The van der Waals surface area contributed by atoms with Gasteiger partial charge in [0.2, 0.25) is 0 Å². The topological polar surface area (TPSA) is 124 Å². The highest BCUT2D eigenvalue weighted by atomic mass is 19.3. The van der Waals surface area contributed by atoms with Crippen LogP contribution < -0.4 is 20.1 Å².